The number of rotatable bonds is 2. The van der Waals surface area contributed by atoms with Crippen LogP contribution >= 0.6 is 0 Å². The van der Waals surface area contributed by atoms with E-state index < -0.39 is 10.2 Å². The maximum atomic E-state index is 8.25. The third kappa shape index (κ3) is 9.10. The van der Waals surface area contributed by atoms with Gasteiger partial charge in [0.05, 0.1) is 10.2 Å². The molecule has 0 unspecified atom stereocenters. The Morgan fingerprint density at radius 3 is 1.28 bits per heavy atom. The first kappa shape index (κ1) is 33.4. The van der Waals surface area contributed by atoms with E-state index in [2.05, 4.69) is 19.9 Å². The van der Waals surface area contributed by atoms with Crippen LogP contribution in [0.5, 0.6) is 0 Å². The van der Waals surface area contributed by atoms with Crippen molar-refractivity contribution in [2.45, 2.75) is 0 Å². The topological polar surface area (TPSA) is 246 Å². The van der Waals surface area contributed by atoms with Gasteiger partial charge in [0.15, 0.2) is 11.6 Å². The number of anilines is 2. The Morgan fingerprint density at radius 1 is 0.651 bits per heavy atom. The van der Waals surface area contributed by atoms with Gasteiger partial charge in [-0.2, -0.15) is 0 Å². The van der Waals surface area contributed by atoms with Crippen molar-refractivity contribution in [1.82, 2.24) is 29.1 Å². The minimum absolute atomic E-state index is 0. The normalized spacial score (nSPS) is 9.72. The molecule has 0 aliphatic heterocycles. The van der Waals surface area contributed by atoms with E-state index in [1.54, 1.807) is 12.4 Å². The van der Waals surface area contributed by atoms with Gasteiger partial charge in [0.1, 0.15) is 23.0 Å². The third-order valence-corrected chi connectivity index (χ3v) is 5.64. The fourth-order valence-corrected chi connectivity index (χ4v) is 3.91. The number of pyridine rings is 2. The molecule has 16 nitrogen and oxygen atoms in total. The molecular formula is C26H24CuN10O6. The SMILES string of the molecule is Cn1ccnc1-c1cc2ccccc2c(N)n1.Cn1ccnc1-c1cc2ccccc2c(N)n1.O=[N+]([O-])[O-].O=[N+]([O-])[O-].[Cu+2]. The molecule has 4 aromatic heterocycles. The van der Waals surface area contributed by atoms with Gasteiger partial charge in [-0.15, -0.1) is 0 Å². The van der Waals surface area contributed by atoms with Gasteiger partial charge in [-0.1, -0.05) is 48.5 Å². The van der Waals surface area contributed by atoms with Crippen molar-refractivity contribution in [2.24, 2.45) is 14.1 Å². The number of nitrogens with zero attached hydrogens (tertiary/aromatic N) is 8. The second-order valence-corrected chi connectivity index (χ2v) is 8.40. The Morgan fingerprint density at radius 2 is 0.977 bits per heavy atom. The summed E-state index contributed by atoms with van der Waals surface area (Å²) in [7, 11) is 3.88. The first-order valence-electron chi connectivity index (χ1n) is 11.9. The van der Waals surface area contributed by atoms with E-state index in [0.29, 0.717) is 11.6 Å². The molecule has 0 saturated carbocycles. The summed E-state index contributed by atoms with van der Waals surface area (Å²) in [5, 5.41) is 33.6. The number of nitrogen functional groups attached to an aromatic ring is 2. The zero-order chi connectivity index (χ0) is 30.8. The van der Waals surface area contributed by atoms with Crippen molar-refractivity contribution in [1.29, 1.82) is 0 Å². The Balaban J connectivity index is 0.000000237. The smallest absolute Gasteiger partial charge is 0.383 e. The molecule has 6 rings (SSSR count). The van der Waals surface area contributed by atoms with Gasteiger partial charge in [-0.3, -0.25) is 0 Å². The maximum absolute atomic E-state index is 8.25. The van der Waals surface area contributed by atoms with Gasteiger partial charge < -0.3 is 51.2 Å². The number of fused-ring (bicyclic) bond motifs is 2. The number of aryl methyl sites for hydroxylation is 2. The first-order chi connectivity index (χ1) is 20.0. The second kappa shape index (κ2) is 15.3. The molecule has 1 radical (unpaired) electrons. The van der Waals surface area contributed by atoms with E-state index in [4.69, 9.17) is 42.1 Å². The van der Waals surface area contributed by atoms with Crippen molar-refractivity contribution < 1.29 is 27.2 Å². The van der Waals surface area contributed by atoms with E-state index in [1.165, 1.54) is 0 Å². The summed E-state index contributed by atoms with van der Waals surface area (Å²) in [5.74, 6) is 2.73. The van der Waals surface area contributed by atoms with Crippen LogP contribution in [0.15, 0.2) is 85.5 Å². The summed E-state index contributed by atoms with van der Waals surface area (Å²) in [6.07, 6.45) is 7.29. The minimum atomic E-state index is -1.75. The van der Waals surface area contributed by atoms with Crippen molar-refractivity contribution in [2.75, 3.05) is 11.5 Å². The monoisotopic (exact) mass is 635 g/mol. The molecular weight excluding hydrogens is 612 g/mol. The standard InChI is InChI=1S/2C13H12N4.Cu.2NO3/c2*1-17-7-6-15-13(17)11-8-9-4-2-3-5-10(9)12(14)16-11;;2*2-1(3)4/h2*2-8H,1H3,(H2,14,16);;;/q;;+2;2*-1. The van der Waals surface area contributed by atoms with Crippen LogP contribution in [0.3, 0.4) is 0 Å². The third-order valence-electron chi connectivity index (χ3n) is 5.64. The van der Waals surface area contributed by atoms with Gasteiger partial charge in [-0.25, -0.2) is 19.9 Å². The molecule has 2 aromatic carbocycles. The Labute approximate surface area is 254 Å². The predicted octanol–water partition coefficient (Wildman–Crippen LogP) is 3.95. The molecule has 0 spiro atoms. The molecule has 0 bridgehead atoms. The van der Waals surface area contributed by atoms with Gasteiger partial charge in [-0.05, 0) is 22.9 Å². The van der Waals surface area contributed by atoms with Crippen LogP contribution in [0, 0.1) is 30.6 Å². The van der Waals surface area contributed by atoms with Crippen molar-refractivity contribution in [3.05, 3.63) is 116 Å². The summed E-state index contributed by atoms with van der Waals surface area (Å²) in [6, 6.07) is 19.9. The van der Waals surface area contributed by atoms with Gasteiger partial charge in [0.25, 0.3) is 0 Å². The Hall–Kier alpha value is -5.80. The first-order valence-corrected chi connectivity index (χ1v) is 11.9. The zero-order valence-corrected chi connectivity index (χ0v) is 23.5. The molecule has 0 saturated heterocycles. The van der Waals surface area contributed by atoms with Gasteiger partial charge in [0, 0.05) is 49.7 Å². The largest absolute Gasteiger partial charge is 2.00 e. The fourth-order valence-electron chi connectivity index (χ4n) is 3.91. The number of hydrogen-bond donors (Lipinski definition) is 2. The molecule has 225 valence electrons. The van der Waals surface area contributed by atoms with Gasteiger partial charge in [0.2, 0.25) is 0 Å². The average molecular weight is 636 g/mol. The summed E-state index contributed by atoms with van der Waals surface area (Å²) in [6.45, 7) is 0. The molecule has 0 amide bonds. The van der Waals surface area contributed by atoms with Crippen LogP contribution in [0.2, 0.25) is 0 Å². The second-order valence-electron chi connectivity index (χ2n) is 8.40. The Bertz CT molecular complexity index is 1700. The summed E-state index contributed by atoms with van der Waals surface area (Å²) in [4.78, 5) is 33.9. The number of benzene rings is 2. The molecule has 0 fully saturated rings. The van der Waals surface area contributed by atoms with Crippen LogP contribution in [-0.4, -0.2) is 39.2 Å². The van der Waals surface area contributed by atoms with Crippen molar-refractivity contribution in [3.8, 4) is 23.0 Å². The summed E-state index contributed by atoms with van der Waals surface area (Å²) in [5.41, 5.74) is 13.5. The number of imidazole rings is 2. The molecule has 4 N–H and O–H groups in total. The molecule has 0 aliphatic carbocycles. The van der Waals surface area contributed by atoms with Crippen LogP contribution in [0.1, 0.15) is 0 Å². The zero-order valence-electron chi connectivity index (χ0n) is 22.6. The van der Waals surface area contributed by atoms with E-state index >= 15 is 0 Å². The maximum Gasteiger partial charge on any atom is 2.00 e. The van der Waals surface area contributed by atoms with Gasteiger partial charge >= 0.3 is 17.1 Å². The van der Waals surface area contributed by atoms with Crippen molar-refractivity contribution >= 4 is 33.2 Å². The summed E-state index contributed by atoms with van der Waals surface area (Å²) >= 11 is 0. The molecule has 6 aromatic rings. The molecule has 0 atom stereocenters. The van der Waals surface area contributed by atoms with Crippen LogP contribution in [0.4, 0.5) is 11.6 Å². The average Bonchev–Trinajstić information content (AvgIpc) is 3.56. The predicted molar refractivity (Wildman–Crippen MR) is 157 cm³/mol. The molecule has 17 heteroatoms. The Kier molecular flexibility index (Phi) is 11.9. The molecule has 4 heterocycles. The van der Waals surface area contributed by atoms with E-state index in [-0.39, 0.29) is 17.1 Å². The minimum Gasteiger partial charge on any atom is -0.383 e. The number of hydrogen-bond acceptors (Lipinski definition) is 12. The van der Waals surface area contributed by atoms with Crippen molar-refractivity contribution in [3.63, 3.8) is 0 Å². The number of nitrogens with two attached hydrogens (primary N) is 2. The van der Waals surface area contributed by atoms with Crippen LogP contribution in [-0.2, 0) is 31.2 Å². The quantitative estimate of drug-likeness (QED) is 0.156. The molecule has 43 heavy (non-hydrogen) atoms. The van der Waals surface area contributed by atoms with E-state index in [1.807, 2.05) is 96.3 Å². The fraction of sp³-hybridized carbons (Fsp3) is 0.0769. The summed E-state index contributed by atoms with van der Waals surface area (Å²) < 4.78 is 3.85. The van der Waals surface area contributed by atoms with E-state index in [9.17, 15) is 0 Å². The van der Waals surface area contributed by atoms with Crippen LogP contribution in [0.25, 0.3) is 44.6 Å². The molecule has 0 aliphatic rings. The van der Waals surface area contributed by atoms with Crippen LogP contribution < -0.4 is 11.5 Å². The van der Waals surface area contributed by atoms with E-state index in [0.717, 1.165) is 44.6 Å². The number of aromatic nitrogens is 6.